The molecule has 78 valence electrons. The zero-order valence-electron chi connectivity index (χ0n) is 9.82. The molecule has 0 aromatic heterocycles. The molecule has 0 unspecified atom stereocenters. The molecule has 13 heavy (non-hydrogen) atoms. The molecule has 0 fully saturated rings. The maximum atomic E-state index is 11.8. The number of rotatable bonds is 3. The van der Waals surface area contributed by atoms with E-state index in [1.165, 1.54) is 0 Å². The number of hydrogen-bond acceptors (Lipinski definition) is 1. The van der Waals surface area contributed by atoms with Crippen LogP contribution in [0.1, 0.15) is 54.4 Å². The van der Waals surface area contributed by atoms with Gasteiger partial charge in [-0.3, -0.25) is 4.79 Å². The molecule has 0 aromatic rings. The first-order valence-electron chi connectivity index (χ1n) is 5.08. The van der Waals surface area contributed by atoms with Gasteiger partial charge in [0.25, 0.3) is 0 Å². The molecule has 0 heterocycles. The van der Waals surface area contributed by atoms with Crippen LogP contribution in [0.4, 0.5) is 0 Å². The number of carbonyl (C=O) groups is 1. The van der Waals surface area contributed by atoms with Crippen molar-refractivity contribution in [1.82, 2.24) is 5.32 Å². The SMILES string of the molecule is CCC(C)(CC)C(=O)NC(C)(C)C. The van der Waals surface area contributed by atoms with Crippen LogP contribution in [-0.4, -0.2) is 11.4 Å². The molecule has 2 heteroatoms. The average Bonchev–Trinajstić information content (AvgIpc) is 2.00. The van der Waals surface area contributed by atoms with Gasteiger partial charge in [0.15, 0.2) is 0 Å². The Morgan fingerprint density at radius 3 is 1.69 bits per heavy atom. The minimum atomic E-state index is -0.201. The van der Waals surface area contributed by atoms with E-state index in [2.05, 4.69) is 19.2 Å². The van der Waals surface area contributed by atoms with Crippen molar-refractivity contribution in [3.8, 4) is 0 Å². The normalized spacial score (nSPS) is 12.8. The van der Waals surface area contributed by atoms with Crippen LogP contribution in [0.15, 0.2) is 0 Å². The molecule has 1 amide bonds. The Morgan fingerprint density at radius 2 is 1.46 bits per heavy atom. The third-order valence-electron chi connectivity index (χ3n) is 2.60. The van der Waals surface area contributed by atoms with Gasteiger partial charge in [0.1, 0.15) is 0 Å². The summed E-state index contributed by atoms with van der Waals surface area (Å²) in [5.74, 6) is 0.171. The van der Waals surface area contributed by atoms with Crippen molar-refractivity contribution in [2.75, 3.05) is 0 Å². The zero-order valence-corrected chi connectivity index (χ0v) is 9.82. The molecule has 0 aromatic carbocycles. The van der Waals surface area contributed by atoms with Crippen molar-refractivity contribution >= 4 is 5.91 Å². The van der Waals surface area contributed by atoms with Crippen LogP contribution in [-0.2, 0) is 4.79 Å². The van der Waals surface area contributed by atoms with Crippen LogP contribution in [0.25, 0.3) is 0 Å². The third-order valence-corrected chi connectivity index (χ3v) is 2.60. The number of nitrogens with one attached hydrogen (secondary N) is 1. The molecule has 1 N–H and O–H groups in total. The van der Waals surface area contributed by atoms with Crippen LogP contribution in [0.5, 0.6) is 0 Å². The topological polar surface area (TPSA) is 29.1 Å². The van der Waals surface area contributed by atoms with E-state index < -0.39 is 0 Å². The second-order valence-electron chi connectivity index (χ2n) is 4.97. The molecule has 0 aliphatic heterocycles. The molecule has 0 rings (SSSR count). The molecule has 0 radical (unpaired) electrons. The zero-order chi connectivity index (χ0) is 10.7. The summed E-state index contributed by atoms with van der Waals surface area (Å²) in [5, 5.41) is 3.02. The maximum Gasteiger partial charge on any atom is 0.226 e. The highest BCUT2D eigenvalue weighted by Gasteiger charge is 2.31. The van der Waals surface area contributed by atoms with E-state index in [9.17, 15) is 4.79 Å². The van der Waals surface area contributed by atoms with Crippen LogP contribution in [0.2, 0.25) is 0 Å². The Balaban J connectivity index is 4.41. The molecule has 0 saturated carbocycles. The lowest BCUT2D eigenvalue weighted by atomic mass is 9.83. The van der Waals surface area contributed by atoms with Gasteiger partial charge in [0, 0.05) is 11.0 Å². The van der Waals surface area contributed by atoms with E-state index >= 15 is 0 Å². The second-order valence-corrected chi connectivity index (χ2v) is 4.97. The summed E-state index contributed by atoms with van der Waals surface area (Å²) < 4.78 is 0. The van der Waals surface area contributed by atoms with E-state index in [0.29, 0.717) is 0 Å². The molecule has 0 spiro atoms. The highest BCUT2D eigenvalue weighted by atomic mass is 16.2. The number of carbonyl (C=O) groups excluding carboxylic acids is 1. The van der Waals surface area contributed by atoms with E-state index in [4.69, 9.17) is 0 Å². The lowest BCUT2D eigenvalue weighted by Crippen LogP contribution is -2.47. The van der Waals surface area contributed by atoms with Gasteiger partial charge >= 0.3 is 0 Å². The van der Waals surface area contributed by atoms with E-state index in [0.717, 1.165) is 12.8 Å². The van der Waals surface area contributed by atoms with Crippen LogP contribution < -0.4 is 5.32 Å². The van der Waals surface area contributed by atoms with Crippen molar-refractivity contribution in [3.63, 3.8) is 0 Å². The van der Waals surface area contributed by atoms with Gasteiger partial charge in [-0.15, -0.1) is 0 Å². The second kappa shape index (κ2) is 4.12. The predicted molar refractivity (Wildman–Crippen MR) is 56.6 cm³/mol. The molecular weight excluding hydrogens is 162 g/mol. The fraction of sp³-hybridized carbons (Fsp3) is 0.909. The monoisotopic (exact) mass is 185 g/mol. The summed E-state index contributed by atoms with van der Waals surface area (Å²) in [4.78, 5) is 11.8. The first kappa shape index (κ1) is 12.5. The number of amides is 1. The minimum Gasteiger partial charge on any atom is -0.351 e. The third kappa shape index (κ3) is 3.79. The first-order chi connectivity index (χ1) is 5.75. The van der Waals surface area contributed by atoms with E-state index in [1.54, 1.807) is 0 Å². The summed E-state index contributed by atoms with van der Waals surface area (Å²) in [6.07, 6.45) is 1.79. The summed E-state index contributed by atoms with van der Waals surface area (Å²) in [7, 11) is 0. The Kier molecular flexibility index (Phi) is 3.95. The van der Waals surface area contributed by atoms with Gasteiger partial charge < -0.3 is 5.32 Å². The summed E-state index contributed by atoms with van der Waals surface area (Å²) in [5.41, 5.74) is -0.323. The van der Waals surface area contributed by atoms with Gasteiger partial charge in [-0.2, -0.15) is 0 Å². The summed E-state index contributed by atoms with van der Waals surface area (Å²) in [6, 6.07) is 0. The Morgan fingerprint density at radius 1 is 1.08 bits per heavy atom. The highest BCUT2D eigenvalue weighted by Crippen LogP contribution is 2.26. The lowest BCUT2D eigenvalue weighted by Gasteiger charge is -2.30. The molecule has 2 nitrogen and oxygen atoms in total. The fourth-order valence-corrected chi connectivity index (χ4v) is 1.06. The van der Waals surface area contributed by atoms with Gasteiger partial charge in [0.2, 0.25) is 5.91 Å². The highest BCUT2D eigenvalue weighted by molar-refractivity contribution is 5.82. The van der Waals surface area contributed by atoms with Crippen molar-refractivity contribution < 1.29 is 4.79 Å². The van der Waals surface area contributed by atoms with Gasteiger partial charge in [-0.1, -0.05) is 20.8 Å². The molecule has 0 bridgehead atoms. The maximum absolute atomic E-state index is 11.8. The van der Waals surface area contributed by atoms with Crippen molar-refractivity contribution in [3.05, 3.63) is 0 Å². The Bertz CT molecular complexity index is 175. The predicted octanol–water partition coefficient (Wildman–Crippen LogP) is 2.73. The van der Waals surface area contributed by atoms with Crippen LogP contribution >= 0.6 is 0 Å². The lowest BCUT2D eigenvalue weighted by molar-refractivity contribution is -0.132. The quantitative estimate of drug-likeness (QED) is 0.719. The molecule has 0 aliphatic rings. The molecule has 0 atom stereocenters. The number of hydrogen-bond donors (Lipinski definition) is 1. The summed E-state index contributed by atoms with van der Waals surface area (Å²) in [6.45, 7) is 12.2. The van der Waals surface area contributed by atoms with Crippen LogP contribution in [0.3, 0.4) is 0 Å². The molecule has 0 aliphatic carbocycles. The van der Waals surface area contributed by atoms with E-state index in [-0.39, 0.29) is 16.9 Å². The Labute approximate surface area is 82.1 Å². The van der Waals surface area contributed by atoms with E-state index in [1.807, 2.05) is 27.7 Å². The Hall–Kier alpha value is -0.530. The van der Waals surface area contributed by atoms with Crippen molar-refractivity contribution in [2.45, 2.75) is 59.9 Å². The smallest absolute Gasteiger partial charge is 0.226 e. The van der Waals surface area contributed by atoms with Crippen LogP contribution in [0, 0.1) is 5.41 Å². The first-order valence-corrected chi connectivity index (χ1v) is 5.08. The minimum absolute atomic E-state index is 0.122. The fourth-order valence-electron chi connectivity index (χ4n) is 1.06. The van der Waals surface area contributed by atoms with Crippen molar-refractivity contribution in [2.24, 2.45) is 5.41 Å². The molecule has 0 saturated heterocycles. The average molecular weight is 185 g/mol. The largest absolute Gasteiger partial charge is 0.351 e. The van der Waals surface area contributed by atoms with Gasteiger partial charge in [0.05, 0.1) is 0 Å². The summed E-state index contributed by atoms with van der Waals surface area (Å²) >= 11 is 0. The standard InChI is InChI=1S/C11H23NO/c1-7-11(6,8-2)9(13)12-10(3,4)5/h7-8H2,1-6H3,(H,12,13). The van der Waals surface area contributed by atoms with Crippen molar-refractivity contribution in [1.29, 1.82) is 0 Å². The molecular formula is C11H23NO. The van der Waals surface area contributed by atoms with Gasteiger partial charge in [-0.25, -0.2) is 0 Å². The van der Waals surface area contributed by atoms with Gasteiger partial charge in [-0.05, 0) is 33.6 Å².